The molecule has 2 N–H and O–H groups in total. The van der Waals surface area contributed by atoms with Crippen LogP contribution in [0.5, 0.6) is 11.5 Å². The largest absolute Gasteiger partial charge is 0.457 e. The first-order chi connectivity index (χ1) is 13.5. The van der Waals surface area contributed by atoms with Gasteiger partial charge in [-0.25, -0.2) is 0 Å². The van der Waals surface area contributed by atoms with Gasteiger partial charge in [-0.05, 0) is 73.5 Å². The molecule has 3 aromatic rings. The highest BCUT2D eigenvalue weighted by Crippen LogP contribution is 2.22. The Kier molecular flexibility index (Phi) is 6.07. The summed E-state index contributed by atoms with van der Waals surface area (Å²) in [7, 11) is 0. The highest BCUT2D eigenvalue weighted by atomic mass is 16.5. The Balaban J connectivity index is 1.51. The highest BCUT2D eigenvalue weighted by Gasteiger charge is 2.10. The molecule has 0 bridgehead atoms. The molecule has 28 heavy (non-hydrogen) atoms. The van der Waals surface area contributed by atoms with Crippen LogP contribution in [0.4, 0.5) is 11.4 Å². The van der Waals surface area contributed by atoms with Crippen molar-refractivity contribution in [3.05, 3.63) is 83.9 Å². The predicted molar refractivity (Wildman–Crippen MR) is 111 cm³/mol. The van der Waals surface area contributed by atoms with Gasteiger partial charge in [-0.3, -0.25) is 9.59 Å². The quantitative estimate of drug-likeness (QED) is 0.593. The molecule has 0 aliphatic heterocycles. The third-order valence-electron chi connectivity index (χ3n) is 4.23. The number of hydrogen-bond donors (Lipinski definition) is 2. The lowest BCUT2D eigenvalue weighted by Crippen LogP contribution is -2.21. The van der Waals surface area contributed by atoms with Crippen molar-refractivity contribution in [2.45, 2.75) is 20.3 Å². The zero-order valence-corrected chi connectivity index (χ0v) is 15.9. The molecule has 0 aliphatic rings. The fourth-order valence-corrected chi connectivity index (χ4v) is 2.61. The molecule has 142 valence electrons. The maximum absolute atomic E-state index is 12.1. The van der Waals surface area contributed by atoms with Crippen molar-refractivity contribution >= 4 is 23.2 Å². The standard InChI is InChI=1S/C23H22N2O3/c1-16-8-9-19(14-17(16)2)25-23(27)15-22(26)24-18-10-12-21(13-11-18)28-20-6-4-3-5-7-20/h3-14H,15H2,1-2H3,(H,24,26)(H,25,27). The number of anilines is 2. The van der Waals surface area contributed by atoms with E-state index in [4.69, 9.17) is 4.74 Å². The molecule has 0 atom stereocenters. The highest BCUT2D eigenvalue weighted by molar-refractivity contribution is 6.08. The van der Waals surface area contributed by atoms with Gasteiger partial charge in [0.2, 0.25) is 11.8 Å². The van der Waals surface area contributed by atoms with Gasteiger partial charge < -0.3 is 15.4 Å². The van der Waals surface area contributed by atoms with Crippen LogP contribution in [-0.4, -0.2) is 11.8 Å². The molecule has 0 fully saturated rings. The van der Waals surface area contributed by atoms with E-state index < -0.39 is 0 Å². The minimum absolute atomic E-state index is 0.255. The van der Waals surface area contributed by atoms with Crippen LogP contribution >= 0.6 is 0 Å². The van der Waals surface area contributed by atoms with Crippen LogP contribution in [0.3, 0.4) is 0 Å². The van der Waals surface area contributed by atoms with E-state index in [-0.39, 0.29) is 18.2 Å². The molecule has 0 spiro atoms. The summed E-state index contributed by atoms with van der Waals surface area (Å²) in [5.74, 6) is 0.668. The third-order valence-corrected chi connectivity index (χ3v) is 4.23. The summed E-state index contributed by atoms with van der Waals surface area (Å²) in [6, 6.07) is 22.1. The van der Waals surface area contributed by atoms with Crippen molar-refractivity contribution in [1.82, 2.24) is 0 Å². The number of carbonyl (C=O) groups excluding carboxylic acids is 2. The first kappa shape index (κ1) is 19.2. The van der Waals surface area contributed by atoms with Gasteiger partial charge in [0.05, 0.1) is 0 Å². The lowest BCUT2D eigenvalue weighted by molar-refractivity contribution is -0.123. The summed E-state index contributed by atoms with van der Waals surface area (Å²) in [5.41, 5.74) is 3.52. The molecule has 2 amide bonds. The van der Waals surface area contributed by atoms with E-state index in [0.717, 1.165) is 16.9 Å². The van der Waals surface area contributed by atoms with Crippen molar-refractivity contribution in [1.29, 1.82) is 0 Å². The van der Waals surface area contributed by atoms with Gasteiger partial charge in [0, 0.05) is 11.4 Å². The van der Waals surface area contributed by atoms with Crippen molar-refractivity contribution < 1.29 is 14.3 Å². The minimum Gasteiger partial charge on any atom is -0.457 e. The molecule has 3 aromatic carbocycles. The molecular formula is C23H22N2O3. The Morgan fingerprint density at radius 3 is 1.93 bits per heavy atom. The monoisotopic (exact) mass is 374 g/mol. The number of nitrogens with one attached hydrogen (secondary N) is 2. The van der Waals surface area contributed by atoms with E-state index in [1.165, 1.54) is 0 Å². The molecule has 5 heteroatoms. The van der Waals surface area contributed by atoms with Crippen LogP contribution in [0, 0.1) is 13.8 Å². The normalized spacial score (nSPS) is 10.2. The van der Waals surface area contributed by atoms with Crippen LogP contribution in [0.25, 0.3) is 0 Å². The average Bonchev–Trinajstić information content (AvgIpc) is 2.67. The van der Waals surface area contributed by atoms with E-state index in [0.29, 0.717) is 17.1 Å². The lowest BCUT2D eigenvalue weighted by Gasteiger charge is -2.09. The second kappa shape index (κ2) is 8.86. The van der Waals surface area contributed by atoms with Gasteiger partial charge in [0.15, 0.2) is 0 Å². The molecular weight excluding hydrogens is 352 g/mol. The first-order valence-corrected chi connectivity index (χ1v) is 8.99. The van der Waals surface area contributed by atoms with Crippen LogP contribution in [0.1, 0.15) is 17.5 Å². The second-order valence-corrected chi connectivity index (χ2v) is 6.51. The number of carbonyl (C=O) groups is 2. The number of benzene rings is 3. The Hall–Kier alpha value is -3.60. The van der Waals surface area contributed by atoms with Gasteiger partial charge in [0.25, 0.3) is 0 Å². The fourth-order valence-electron chi connectivity index (χ4n) is 2.61. The number of hydrogen-bond acceptors (Lipinski definition) is 3. The van der Waals surface area contributed by atoms with Crippen molar-refractivity contribution in [3.8, 4) is 11.5 Å². The minimum atomic E-state index is -0.377. The zero-order valence-electron chi connectivity index (χ0n) is 15.9. The van der Waals surface area contributed by atoms with Crippen LogP contribution in [0.2, 0.25) is 0 Å². The Bertz CT molecular complexity index is 967. The number of rotatable bonds is 6. The van der Waals surface area contributed by atoms with Gasteiger partial charge in [0.1, 0.15) is 17.9 Å². The molecule has 0 aromatic heterocycles. The number of ether oxygens (including phenoxy) is 1. The summed E-state index contributed by atoms with van der Waals surface area (Å²) >= 11 is 0. The summed E-state index contributed by atoms with van der Waals surface area (Å²) in [4.78, 5) is 24.2. The number of para-hydroxylation sites is 1. The zero-order chi connectivity index (χ0) is 19.9. The third kappa shape index (κ3) is 5.45. The van der Waals surface area contributed by atoms with Gasteiger partial charge in [-0.2, -0.15) is 0 Å². The van der Waals surface area contributed by atoms with Crippen molar-refractivity contribution in [3.63, 3.8) is 0 Å². The molecule has 0 saturated carbocycles. The van der Waals surface area contributed by atoms with Gasteiger partial charge >= 0.3 is 0 Å². The Morgan fingerprint density at radius 2 is 1.29 bits per heavy atom. The van der Waals surface area contributed by atoms with Gasteiger partial charge in [-0.1, -0.05) is 24.3 Å². The van der Waals surface area contributed by atoms with Crippen LogP contribution in [0.15, 0.2) is 72.8 Å². The molecule has 0 heterocycles. The summed E-state index contributed by atoms with van der Waals surface area (Å²) in [6.45, 7) is 3.98. The van der Waals surface area contributed by atoms with E-state index in [2.05, 4.69) is 10.6 Å². The second-order valence-electron chi connectivity index (χ2n) is 6.51. The summed E-state index contributed by atoms with van der Waals surface area (Å²) in [6.07, 6.45) is -0.255. The van der Waals surface area contributed by atoms with Crippen molar-refractivity contribution in [2.75, 3.05) is 10.6 Å². The lowest BCUT2D eigenvalue weighted by atomic mass is 10.1. The van der Waals surface area contributed by atoms with E-state index in [9.17, 15) is 9.59 Å². The van der Waals surface area contributed by atoms with Crippen molar-refractivity contribution in [2.24, 2.45) is 0 Å². The fraction of sp³-hybridized carbons (Fsp3) is 0.130. The molecule has 3 rings (SSSR count). The van der Waals surface area contributed by atoms with E-state index in [1.54, 1.807) is 24.3 Å². The average molecular weight is 374 g/mol. The van der Waals surface area contributed by atoms with E-state index in [1.807, 2.05) is 62.4 Å². The Labute approximate surface area is 164 Å². The SMILES string of the molecule is Cc1ccc(NC(=O)CC(=O)Nc2ccc(Oc3ccccc3)cc2)cc1C. The molecule has 0 radical (unpaired) electrons. The maximum atomic E-state index is 12.1. The summed E-state index contributed by atoms with van der Waals surface area (Å²) < 4.78 is 5.71. The smallest absolute Gasteiger partial charge is 0.233 e. The molecule has 0 aliphatic carbocycles. The Morgan fingerprint density at radius 1 is 0.714 bits per heavy atom. The number of aryl methyl sites for hydroxylation is 2. The van der Waals surface area contributed by atoms with E-state index >= 15 is 0 Å². The van der Waals surface area contributed by atoms with Crippen LogP contribution in [-0.2, 0) is 9.59 Å². The topological polar surface area (TPSA) is 67.4 Å². The first-order valence-electron chi connectivity index (χ1n) is 8.99. The van der Waals surface area contributed by atoms with Gasteiger partial charge in [-0.15, -0.1) is 0 Å². The van der Waals surface area contributed by atoms with Crippen LogP contribution < -0.4 is 15.4 Å². The molecule has 0 unspecified atom stereocenters. The number of amides is 2. The molecule has 5 nitrogen and oxygen atoms in total. The summed E-state index contributed by atoms with van der Waals surface area (Å²) in [5, 5.41) is 5.46. The molecule has 0 saturated heterocycles. The maximum Gasteiger partial charge on any atom is 0.233 e. The predicted octanol–water partition coefficient (Wildman–Crippen LogP) is 5.06.